The zero-order valence-corrected chi connectivity index (χ0v) is 13.5. The fourth-order valence-corrected chi connectivity index (χ4v) is 3.51. The summed E-state index contributed by atoms with van der Waals surface area (Å²) >= 11 is 1.88. The van der Waals surface area contributed by atoms with Crippen LogP contribution in [0.2, 0.25) is 0 Å². The van der Waals surface area contributed by atoms with Gasteiger partial charge in [-0.25, -0.2) is 0 Å². The Morgan fingerprint density at radius 2 is 2.00 bits per heavy atom. The smallest absolute Gasteiger partial charge is 0.0644 e. The summed E-state index contributed by atoms with van der Waals surface area (Å²) in [6, 6.07) is 2.61. The molecule has 0 radical (unpaired) electrons. The molecule has 0 aliphatic rings. The average Bonchev–Trinajstić information content (AvgIpc) is 2.78. The molecule has 0 aliphatic heterocycles. The van der Waals surface area contributed by atoms with E-state index in [1.807, 2.05) is 23.1 Å². The number of aromatic nitrogens is 2. The van der Waals surface area contributed by atoms with E-state index in [1.54, 1.807) is 0 Å². The molecule has 0 amide bonds. The van der Waals surface area contributed by atoms with E-state index in [0.29, 0.717) is 6.04 Å². The summed E-state index contributed by atoms with van der Waals surface area (Å²) in [5.41, 5.74) is 5.09. The minimum Gasteiger partial charge on any atom is -0.305 e. The summed E-state index contributed by atoms with van der Waals surface area (Å²) in [5.74, 6) is 0. The Morgan fingerprint density at radius 3 is 2.47 bits per heavy atom. The molecule has 19 heavy (non-hydrogen) atoms. The zero-order valence-electron chi connectivity index (χ0n) is 12.7. The van der Waals surface area contributed by atoms with E-state index in [0.717, 1.165) is 12.2 Å². The lowest BCUT2D eigenvalue weighted by atomic mass is 10.1. The van der Waals surface area contributed by atoms with E-state index in [2.05, 4.69) is 51.1 Å². The van der Waals surface area contributed by atoms with Gasteiger partial charge in [0.2, 0.25) is 0 Å². The highest BCUT2D eigenvalue weighted by molar-refractivity contribution is 7.12. The molecule has 2 aromatic heterocycles. The quantitative estimate of drug-likeness (QED) is 0.926. The SMILES string of the molecule is Cc1cc(CNC(C)c2c(C)nn(C)c2C)sc1C. The predicted octanol–water partition coefficient (Wildman–Crippen LogP) is 3.57. The second-order valence-electron chi connectivity index (χ2n) is 5.26. The van der Waals surface area contributed by atoms with Crippen LogP contribution in [0.1, 0.15) is 45.2 Å². The normalized spacial score (nSPS) is 12.9. The molecule has 3 nitrogen and oxygen atoms in total. The summed E-state index contributed by atoms with van der Waals surface area (Å²) in [6.45, 7) is 11.7. The highest BCUT2D eigenvalue weighted by atomic mass is 32.1. The van der Waals surface area contributed by atoms with Crippen molar-refractivity contribution in [2.24, 2.45) is 7.05 Å². The van der Waals surface area contributed by atoms with Crippen molar-refractivity contribution in [3.63, 3.8) is 0 Å². The summed E-state index contributed by atoms with van der Waals surface area (Å²) in [7, 11) is 2.00. The molecule has 0 saturated heterocycles. The number of hydrogen-bond donors (Lipinski definition) is 1. The molecule has 1 unspecified atom stereocenters. The molecule has 0 aliphatic carbocycles. The first-order chi connectivity index (χ1) is 8.90. The third kappa shape index (κ3) is 2.90. The third-order valence-electron chi connectivity index (χ3n) is 3.80. The van der Waals surface area contributed by atoms with Crippen molar-refractivity contribution in [1.82, 2.24) is 15.1 Å². The van der Waals surface area contributed by atoms with Crippen LogP contribution in [0.4, 0.5) is 0 Å². The molecule has 0 spiro atoms. The van der Waals surface area contributed by atoms with Gasteiger partial charge in [0, 0.05) is 40.6 Å². The molecule has 0 bridgehead atoms. The van der Waals surface area contributed by atoms with Gasteiger partial charge in [-0.15, -0.1) is 11.3 Å². The second kappa shape index (κ2) is 5.47. The molecule has 2 rings (SSSR count). The maximum absolute atomic E-state index is 4.48. The fourth-order valence-electron chi connectivity index (χ4n) is 2.51. The summed E-state index contributed by atoms with van der Waals surface area (Å²) < 4.78 is 1.96. The molecule has 0 fully saturated rings. The Kier molecular flexibility index (Phi) is 4.11. The predicted molar refractivity (Wildman–Crippen MR) is 81.7 cm³/mol. The molecule has 2 heterocycles. The van der Waals surface area contributed by atoms with Gasteiger partial charge in [-0.05, 0) is 46.2 Å². The van der Waals surface area contributed by atoms with Crippen molar-refractivity contribution in [3.8, 4) is 0 Å². The van der Waals surface area contributed by atoms with Gasteiger partial charge < -0.3 is 5.32 Å². The van der Waals surface area contributed by atoms with Gasteiger partial charge in [0.1, 0.15) is 0 Å². The molecule has 1 N–H and O–H groups in total. The van der Waals surface area contributed by atoms with Crippen LogP contribution in [0, 0.1) is 27.7 Å². The monoisotopic (exact) mass is 277 g/mol. The Balaban J connectivity index is 2.07. The van der Waals surface area contributed by atoms with Crippen molar-refractivity contribution in [2.75, 3.05) is 0 Å². The first kappa shape index (κ1) is 14.3. The Bertz CT molecular complexity index is 561. The molecule has 2 aromatic rings. The lowest BCUT2D eigenvalue weighted by Crippen LogP contribution is -2.18. The summed E-state index contributed by atoms with van der Waals surface area (Å²) in [6.07, 6.45) is 0. The fraction of sp³-hybridized carbons (Fsp3) is 0.533. The minimum atomic E-state index is 0.330. The minimum absolute atomic E-state index is 0.330. The topological polar surface area (TPSA) is 29.9 Å². The van der Waals surface area contributed by atoms with Crippen molar-refractivity contribution in [1.29, 1.82) is 0 Å². The number of thiophene rings is 1. The van der Waals surface area contributed by atoms with Gasteiger partial charge in [-0.2, -0.15) is 5.10 Å². The molecule has 1 atom stereocenters. The van der Waals surface area contributed by atoms with Gasteiger partial charge in [0.05, 0.1) is 5.69 Å². The Labute approximate surface area is 119 Å². The van der Waals surface area contributed by atoms with Crippen LogP contribution < -0.4 is 5.32 Å². The van der Waals surface area contributed by atoms with Gasteiger partial charge in [0.15, 0.2) is 0 Å². The first-order valence-corrected chi connectivity index (χ1v) is 7.51. The van der Waals surface area contributed by atoms with E-state index in [9.17, 15) is 0 Å². The number of nitrogens with one attached hydrogen (secondary N) is 1. The number of nitrogens with zero attached hydrogens (tertiary/aromatic N) is 2. The maximum Gasteiger partial charge on any atom is 0.0644 e. The first-order valence-electron chi connectivity index (χ1n) is 6.69. The molecule has 0 aromatic carbocycles. The van der Waals surface area contributed by atoms with E-state index in [-0.39, 0.29) is 0 Å². The van der Waals surface area contributed by atoms with Crippen LogP contribution in [0.3, 0.4) is 0 Å². The van der Waals surface area contributed by atoms with Crippen LogP contribution >= 0.6 is 11.3 Å². The molecule has 0 saturated carbocycles. The third-order valence-corrected chi connectivity index (χ3v) is 4.95. The van der Waals surface area contributed by atoms with Gasteiger partial charge in [-0.3, -0.25) is 4.68 Å². The van der Waals surface area contributed by atoms with Gasteiger partial charge in [-0.1, -0.05) is 0 Å². The largest absolute Gasteiger partial charge is 0.305 e. The van der Waals surface area contributed by atoms with Gasteiger partial charge in [0.25, 0.3) is 0 Å². The van der Waals surface area contributed by atoms with Crippen molar-refractivity contribution >= 4 is 11.3 Å². The molecule has 4 heteroatoms. The van der Waals surface area contributed by atoms with E-state index >= 15 is 0 Å². The number of hydrogen-bond acceptors (Lipinski definition) is 3. The van der Waals surface area contributed by atoms with Crippen LogP contribution in [0.15, 0.2) is 6.07 Å². The average molecular weight is 277 g/mol. The van der Waals surface area contributed by atoms with Crippen molar-refractivity contribution in [3.05, 3.63) is 38.3 Å². The second-order valence-corrected chi connectivity index (χ2v) is 6.60. The molecular weight excluding hydrogens is 254 g/mol. The van der Waals surface area contributed by atoms with Crippen molar-refractivity contribution in [2.45, 2.75) is 47.2 Å². The highest BCUT2D eigenvalue weighted by Gasteiger charge is 2.16. The van der Waals surface area contributed by atoms with Crippen LogP contribution in [0.5, 0.6) is 0 Å². The summed E-state index contributed by atoms with van der Waals surface area (Å²) in [5, 5.41) is 8.09. The zero-order chi connectivity index (χ0) is 14.2. The van der Waals surface area contributed by atoms with Gasteiger partial charge >= 0.3 is 0 Å². The highest BCUT2D eigenvalue weighted by Crippen LogP contribution is 2.23. The molecule has 104 valence electrons. The number of rotatable bonds is 4. The van der Waals surface area contributed by atoms with E-state index in [4.69, 9.17) is 0 Å². The van der Waals surface area contributed by atoms with E-state index in [1.165, 1.54) is 26.6 Å². The van der Waals surface area contributed by atoms with Crippen LogP contribution in [0.25, 0.3) is 0 Å². The van der Waals surface area contributed by atoms with Crippen molar-refractivity contribution < 1.29 is 0 Å². The lowest BCUT2D eigenvalue weighted by molar-refractivity contribution is 0.572. The van der Waals surface area contributed by atoms with Crippen LogP contribution in [-0.4, -0.2) is 9.78 Å². The molecular formula is C15H23N3S. The summed E-state index contributed by atoms with van der Waals surface area (Å²) in [4.78, 5) is 2.82. The maximum atomic E-state index is 4.48. The van der Waals surface area contributed by atoms with E-state index < -0.39 is 0 Å². The Hall–Kier alpha value is -1.13. The lowest BCUT2D eigenvalue weighted by Gasteiger charge is -2.14. The number of aryl methyl sites for hydroxylation is 4. The Morgan fingerprint density at radius 1 is 1.32 bits per heavy atom. The standard InChI is InChI=1S/C15H23N3S/c1-9-7-14(19-13(9)5)8-16-10(2)15-11(3)17-18(6)12(15)4/h7,10,16H,8H2,1-6H3. The van der Waals surface area contributed by atoms with Crippen LogP contribution in [-0.2, 0) is 13.6 Å².